The van der Waals surface area contributed by atoms with Gasteiger partial charge in [-0.25, -0.2) is 8.42 Å². The van der Waals surface area contributed by atoms with E-state index in [0.29, 0.717) is 5.25 Å². The quantitative estimate of drug-likeness (QED) is 0.151. The Hall–Kier alpha value is 1.88. The summed E-state index contributed by atoms with van der Waals surface area (Å²) in [7, 11) is 3.05. The third-order valence-electron chi connectivity index (χ3n) is 4.43. The predicted molar refractivity (Wildman–Crippen MR) is 95.8 cm³/mol. The van der Waals surface area contributed by atoms with Crippen LogP contribution in [0, 0.1) is 29.6 Å². The van der Waals surface area contributed by atoms with Gasteiger partial charge in [0.05, 0.1) is 0 Å². The van der Waals surface area contributed by atoms with E-state index < -0.39 is 15.6 Å². The summed E-state index contributed by atoms with van der Waals surface area (Å²) in [6.45, 7) is 16.0. The van der Waals surface area contributed by atoms with Crippen molar-refractivity contribution in [1.29, 1.82) is 0 Å². The first-order chi connectivity index (χ1) is 11.5. The Morgan fingerprint density at radius 2 is 0.923 bits per heavy atom. The minimum atomic E-state index is -6.09. The van der Waals surface area contributed by atoms with E-state index in [9.17, 15) is 13.2 Å². The van der Waals surface area contributed by atoms with Gasteiger partial charge in [0.25, 0.3) is 0 Å². The van der Waals surface area contributed by atoms with Gasteiger partial charge in [0.2, 0.25) is 0 Å². The molecular weight excluding hydrogens is 610 g/mol. The Morgan fingerprint density at radius 3 is 0.962 bits per heavy atom. The van der Waals surface area contributed by atoms with Crippen molar-refractivity contribution in [1.82, 2.24) is 0 Å². The van der Waals surface area contributed by atoms with E-state index in [1.54, 1.807) is 0 Å². The predicted octanol–water partition coefficient (Wildman–Crippen LogP) is 5.55. The van der Waals surface area contributed by atoms with Crippen LogP contribution in [0.25, 0.3) is 0 Å². The van der Waals surface area contributed by atoms with Crippen LogP contribution < -0.4 is 0 Å². The van der Waals surface area contributed by atoms with Gasteiger partial charge in [0.1, 0.15) is 0 Å². The average molecular weight is 638 g/mol. The summed E-state index contributed by atoms with van der Waals surface area (Å²) in [5.41, 5.74) is -5.65. The average Bonchev–Trinajstić information content (AvgIpc) is 2.67. The Kier molecular flexibility index (Phi) is 24.1. The molecule has 0 unspecified atom stereocenters. The summed E-state index contributed by atoms with van der Waals surface area (Å²) >= 11 is 8.26. The molecule has 26 heavy (non-hydrogen) atoms. The van der Waals surface area contributed by atoms with Crippen LogP contribution in [0.15, 0.2) is 0 Å². The second kappa shape index (κ2) is 17.7. The molecule has 0 aromatic rings. The van der Waals surface area contributed by atoms with Gasteiger partial charge in [0, 0.05) is 0 Å². The Balaban J connectivity index is -0.000000136. The standard InChI is InChI=1S/C10H20.C3H8S.CHF3O3S.2ClH.2Ru/c1-6-7(2)9(4)10(5)8(6)3;1-3(2)4;2-1(3,4)8(5,6)7;;;;/h6-10H,1-5H3;3-4H,1-2H3;(H,5,6,7);2*1H;;/q;;;;;2*+3/p-4. The van der Waals surface area contributed by atoms with Crippen molar-refractivity contribution in [2.24, 2.45) is 29.6 Å². The molecule has 1 saturated carbocycles. The number of alkyl halides is 3. The van der Waals surface area contributed by atoms with Crippen LogP contribution in [0.4, 0.5) is 13.2 Å². The summed E-state index contributed by atoms with van der Waals surface area (Å²) in [6, 6.07) is 0. The van der Waals surface area contributed by atoms with Gasteiger partial charge in [-0.15, -0.1) is 0 Å². The van der Waals surface area contributed by atoms with Crippen molar-refractivity contribution in [3.8, 4) is 0 Å². The number of rotatable bonds is 0. The van der Waals surface area contributed by atoms with Gasteiger partial charge >= 0.3 is 59.5 Å². The summed E-state index contributed by atoms with van der Waals surface area (Å²) in [5, 5.41) is 0.417. The molecule has 0 spiro atoms. The second-order valence-electron chi connectivity index (χ2n) is 6.24. The zero-order chi connectivity index (χ0) is 22.5. The molecule has 0 saturated heterocycles. The molecule has 0 aliphatic heterocycles. The summed E-state index contributed by atoms with van der Waals surface area (Å²) in [6.07, 6.45) is 0. The molecule has 0 radical (unpaired) electrons. The van der Waals surface area contributed by atoms with E-state index in [4.69, 9.17) is 13.0 Å². The van der Waals surface area contributed by atoms with Gasteiger partial charge in [0.15, 0.2) is 10.1 Å². The molecule has 1 aliphatic rings. The molecular formula is C14H27Cl2F3O3Ru2S2+2. The van der Waals surface area contributed by atoms with Gasteiger partial charge in [-0.3, -0.25) is 0 Å². The van der Waals surface area contributed by atoms with Crippen molar-refractivity contribution in [3.63, 3.8) is 0 Å². The van der Waals surface area contributed by atoms with Crippen molar-refractivity contribution in [2.75, 3.05) is 0 Å². The first-order valence-electron chi connectivity index (χ1n) is 7.48. The van der Waals surface area contributed by atoms with Crippen LogP contribution in [0.2, 0.25) is 0 Å². The molecule has 0 atom stereocenters. The fraction of sp³-hybridized carbons (Fsp3) is 1.00. The molecule has 0 aromatic carbocycles. The molecule has 0 aromatic heterocycles. The third kappa shape index (κ3) is 16.8. The maximum absolute atomic E-state index is 10.7. The molecule has 0 N–H and O–H groups in total. The van der Waals surface area contributed by atoms with Crippen molar-refractivity contribution in [3.05, 3.63) is 0 Å². The maximum atomic E-state index is 10.7. The fourth-order valence-electron chi connectivity index (χ4n) is 2.39. The van der Waals surface area contributed by atoms with E-state index in [0.717, 1.165) is 29.6 Å². The van der Waals surface area contributed by atoms with Crippen LogP contribution in [-0.2, 0) is 57.4 Å². The first-order valence-corrected chi connectivity index (χ1v) is 13.8. The number of hydrogen-bond donors (Lipinski definition) is 0. The van der Waals surface area contributed by atoms with Crippen molar-refractivity contribution in [2.45, 2.75) is 59.2 Å². The van der Waals surface area contributed by atoms with Crippen LogP contribution in [-0.4, -0.2) is 23.7 Å². The van der Waals surface area contributed by atoms with E-state index in [1.165, 1.54) is 0 Å². The third-order valence-corrected chi connectivity index (χ3v) is 5.00. The van der Waals surface area contributed by atoms with Gasteiger partial charge in [-0.2, -0.15) is 18.4 Å². The van der Waals surface area contributed by atoms with Crippen molar-refractivity contribution >= 4 is 42.1 Å². The first kappa shape index (κ1) is 35.3. The molecule has 1 fully saturated rings. The van der Waals surface area contributed by atoms with Gasteiger partial charge < -0.3 is 17.2 Å². The molecule has 1 rings (SSSR count). The van der Waals surface area contributed by atoms with Crippen LogP contribution in [0.1, 0.15) is 48.5 Å². The zero-order valence-corrected chi connectivity index (χ0v) is 22.2. The fourth-order valence-corrected chi connectivity index (χ4v) is 2.39. The van der Waals surface area contributed by atoms with E-state index in [-0.39, 0.29) is 0 Å². The number of halogens is 5. The molecule has 162 valence electrons. The monoisotopic (exact) mass is 638 g/mol. The van der Waals surface area contributed by atoms with Crippen molar-refractivity contribution < 1.29 is 60.8 Å². The van der Waals surface area contributed by atoms with Gasteiger partial charge in [-0.1, -0.05) is 48.5 Å². The molecule has 0 amide bonds. The summed E-state index contributed by atoms with van der Waals surface area (Å²) in [5.74, 6) is 4.68. The Labute approximate surface area is 190 Å². The summed E-state index contributed by atoms with van der Waals surface area (Å²) in [4.78, 5) is 0. The molecule has 1 aliphatic carbocycles. The summed E-state index contributed by atoms with van der Waals surface area (Å²) < 4.78 is 58.9. The van der Waals surface area contributed by atoms with Crippen LogP contribution >= 0.6 is 19.4 Å². The van der Waals surface area contributed by atoms with E-state index in [1.807, 2.05) is 48.5 Å². The number of hydrogen-bond acceptors (Lipinski definition) is 4. The zero-order valence-electron chi connectivity index (χ0n) is 15.6. The van der Waals surface area contributed by atoms with Crippen LogP contribution in [0.5, 0.6) is 0 Å². The van der Waals surface area contributed by atoms with Crippen LogP contribution in [0.3, 0.4) is 0 Å². The van der Waals surface area contributed by atoms with Gasteiger partial charge in [-0.05, 0) is 29.6 Å². The molecule has 0 bridgehead atoms. The molecule has 0 heterocycles. The SMILES string of the molecule is CC(C)[S-].CC1C(C)C(C)C(C)C1C.O=S(=O)([O-])C(F)(F)F.[Cl][Ru+2].[Cl][Ru+2]. The van der Waals surface area contributed by atoms with E-state index in [2.05, 4.69) is 66.6 Å². The van der Waals surface area contributed by atoms with E-state index >= 15 is 0 Å². The normalized spacial score (nSPS) is 27.4. The topological polar surface area (TPSA) is 57.2 Å². The Morgan fingerprint density at radius 1 is 0.846 bits per heavy atom. The minimum absolute atomic E-state index is 0.417. The Bertz CT molecular complexity index is 381. The molecule has 3 nitrogen and oxygen atoms in total. The molecule has 12 heteroatoms. The second-order valence-corrected chi connectivity index (χ2v) is 8.56.